The number of amides is 1. The molecule has 1 aliphatic carbocycles. The molecule has 1 aromatic rings. The van der Waals surface area contributed by atoms with Crippen LogP contribution in [0.3, 0.4) is 0 Å². The molecule has 0 unspecified atom stereocenters. The summed E-state index contributed by atoms with van der Waals surface area (Å²) in [4.78, 5) is 13.8. The summed E-state index contributed by atoms with van der Waals surface area (Å²) in [7, 11) is 1.53. The van der Waals surface area contributed by atoms with E-state index >= 15 is 0 Å². The number of rotatable bonds is 3. The lowest BCUT2D eigenvalue weighted by molar-refractivity contribution is -0.200. The van der Waals surface area contributed by atoms with Crippen molar-refractivity contribution in [3.05, 3.63) is 29.8 Å². The first kappa shape index (κ1) is 16.6. The van der Waals surface area contributed by atoms with Crippen molar-refractivity contribution in [2.24, 2.45) is 11.8 Å². The largest absolute Gasteiger partial charge is 0.508 e. The van der Waals surface area contributed by atoms with E-state index < -0.39 is 23.9 Å². The van der Waals surface area contributed by atoms with Crippen molar-refractivity contribution in [1.82, 2.24) is 4.90 Å². The second-order valence-electron chi connectivity index (χ2n) is 5.90. The van der Waals surface area contributed by atoms with Crippen molar-refractivity contribution in [3.63, 3.8) is 0 Å². The Labute approximate surface area is 127 Å². The summed E-state index contributed by atoms with van der Waals surface area (Å²) in [6.07, 6.45) is -2.80. The molecule has 1 aromatic carbocycles. The molecule has 0 bridgehead atoms. The van der Waals surface area contributed by atoms with Crippen LogP contribution < -0.4 is 0 Å². The quantitative estimate of drug-likeness (QED) is 0.923. The number of hydrogen-bond donors (Lipinski definition) is 1. The van der Waals surface area contributed by atoms with Gasteiger partial charge < -0.3 is 10.0 Å². The van der Waals surface area contributed by atoms with Crippen LogP contribution in [0.2, 0.25) is 0 Å². The second-order valence-corrected chi connectivity index (χ2v) is 5.90. The van der Waals surface area contributed by atoms with Crippen LogP contribution in [0.25, 0.3) is 0 Å². The van der Waals surface area contributed by atoms with Crippen molar-refractivity contribution < 1.29 is 23.1 Å². The Bertz CT molecular complexity index is 513. The third-order valence-corrected chi connectivity index (χ3v) is 4.24. The summed E-state index contributed by atoms with van der Waals surface area (Å²) in [6.45, 7) is 0.236. The number of carbonyl (C=O) groups is 1. The second kappa shape index (κ2) is 6.58. The predicted molar refractivity (Wildman–Crippen MR) is 76.1 cm³/mol. The van der Waals surface area contributed by atoms with Crippen LogP contribution in [0.1, 0.15) is 31.2 Å². The molecule has 22 heavy (non-hydrogen) atoms. The van der Waals surface area contributed by atoms with E-state index in [1.807, 2.05) is 0 Å². The number of carbonyl (C=O) groups excluding carboxylic acids is 1. The van der Waals surface area contributed by atoms with E-state index in [1.54, 1.807) is 12.1 Å². The molecule has 1 aliphatic rings. The molecular weight excluding hydrogens is 295 g/mol. The summed E-state index contributed by atoms with van der Waals surface area (Å²) in [6, 6.07) is 6.29. The maximum atomic E-state index is 13.1. The van der Waals surface area contributed by atoms with Gasteiger partial charge in [0, 0.05) is 19.5 Å². The molecule has 0 aliphatic heterocycles. The standard InChI is InChI=1S/C16H20F3NO2/c1-20(10-11-6-8-12(21)9-7-11)15(22)13-4-2-3-5-14(13)16(17,18)19/h6-9,13-14,21H,2-5,10H2,1H3/t13-,14+/m1/s1. The van der Waals surface area contributed by atoms with Crippen LogP contribution in [-0.2, 0) is 11.3 Å². The minimum absolute atomic E-state index is 0.0347. The molecule has 1 N–H and O–H groups in total. The minimum atomic E-state index is -4.32. The lowest BCUT2D eigenvalue weighted by Crippen LogP contribution is -2.43. The molecule has 2 rings (SSSR count). The van der Waals surface area contributed by atoms with Gasteiger partial charge in [-0.25, -0.2) is 0 Å². The number of nitrogens with zero attached hydrogens (tertiary/aromatic N) is 1. The Balaban J connectivity index is 2.06. The van der Waals surface area contributed by atoms with Crippen molar-refractivity contribution in [3.8, 4) is 5.75 Å². The number of benzene rings is 1. The van der Waals surface area contributed by atoms with Gasteiger partial charge in [-0.3, -0.25) is 4.79 Å². The van der Waals surface area contributed by atoms with E-state index in [0.717, 1.165) is 5.56 Å². The van der Waals surface area contributed by atoms with E-state index in [0.29, 0.717) is 19.3 Å². The number of aromatic hydroxyl groups is 1. The van der Waals surface area contributed by atoms with Crippen LogP contribution in [-0.4, -0.2) is 29.1 Å². The van der Waals surface area contributed by atoms with Gasteiger partial charge in [0.1, 0.15) is 5.75 Å². The minimum Gasteiger partial charge on any atom is -0.508 e. The highest BCUT2D eigenvalue weighted by Crippen LogP contribution is 2.42. The lowest BCUT2D eigenvalue weighted by atomic mass is 9.78. The Morgan fingerprint density at radius 1 is 1.23 bits per heavy atom. The highest BCUT2D eigenvalue weighted by atomic mass is 19.4. The van der Waals surface area contributed by atoms with Gasteiger partial charge in [0.05, 0.1) is 5.92 Å². The van der Waals surface area contributed by atoms with E-state index in [9.17, 15) is 23.1 Å². The first-order chi connectivity index (χ1) is 10.3. The van der Waals surface area contributed by atoms with Gasteiger partial charge in [-0.05, 0) is 30.5 Å². The summed E-state index contributed by atoms with van der Waals surface area (Å²) in [5.41, 5.74) is 0.771. The Morgan fingerprint density at radius 2 is 1.82 bits per heavy atom. The highest BCUT2D eigenvalue weighted by Gasteiger charge is 2.48. The van der Waals surface area contributed by atoms with Crippen molar-refractivity contribution >= 4 is 5.91 Å². The monoisotopic (exact) mass is 315 g/mol. The first-order valence-electron chi connectivity index (χ1n) is 7.38. The zero-order valence-electron chi connectivity index (χ0n) is 12.4. The van der Waals surface area contributed by atoms with Gasteiger partial charge >= 0.3 is 6.18 Å². The number of alkyl halides is 3. The van der Waals surface area contributed by atoms with Crippen LogP contribution >= 0.6 is 0 Å². The number of phenols is 1. The Hall–Kier alpha value is -1.72. The number of phenolic OH excluding ortho intramolecular Hbond substituents is 1. The van der Waals surface area contributed by atoms with Gasteiger partial charge in [-0.15, -0.1) is 0 Å². The van der Waals surface area contributed by atoms with Gasteiger partial charge in [0.15, 0.2) is 0 Å². The molecule has 0 saturated heterocycles. The molecule has 2 atom stereocenters. The average molecular weight is 315 g/mol. The zero-order chi connectivity index (χ0) is 16.3. The summed E-state index contributed by atoms with van der Waals surface area (Å²) >= 11 is 0. The third kappa shape index (κ3) is 3.93. The molecule has 1 saturated carbocycles. The van der Waals surface area contributed by atoms with E-state index in [-0.39, 0.29) is 18.7 Å². The lowest BCUT2D eigenvalue weighted by Gasteiger charge is -2.34. The molecule has 6 heteroatoms. The summed E-state index contributed by atoms with van der Waals surface area (Å²) < 4.78 is 39.3. The van der Waals surface area contributed by atoms with Crippen LogP contribution in [0.4, 0.5) is 13.2 Å². The molecular formula is C16H20F3NO2. The smallest absolute Gasteiger partial charge is 0.392 e. The SMILES string of the molecule is CN(Cc1ccc(O)cc1)C(=O)[C@@H]1CCCC[C@@H]1C(F)(F)F. The fourth-order valence-corrected chi connectivity index (χ4v) is 3.05. The summed E-state index contributed by atoms with van der Waals surface area (Å²) in [5.74, 6) is -2.84. The molecule has 3 nitrogen and oxygen atoms in total. The normalized spacial score (nSPS) is 22.4. The number of hydrogen-bond acceptors (Lipinski definition) is 2. The van der Waals surface area contributed by atoms with Gasteiger partial charge in [-0.1, -0.05) is 25.0 Å². The zero-order valence-corrected chi connectivity index (χ0v) is 12.4. The fraction of sp³-hybridized carbons (Fsp3) is 0.562. The fourth-order valence-electron chi connectivity index (χ4n) is 3.05. The maximum absolute atomic E-state index is 13.1. The average Bonchev–Trinajstić information content (AvgIpc) is 2.48. The Morgan fingerprint density at radius 3 is 2.41 bits per heavy atom. The van der Waals surface area contributed by atoms with E-state index in [4.69, 9.17) is 0 Å². The molecule has 0 heterocycles. The van der Waals surface area contributed by atoms with Crippen LogP contribution in [0, 0.1) is 11.8 Å². The number of halogens is 3. The Kier molecular flexibility index (Phi) is 4.98. The van der Waals surface area contributed by atoms with E-state index in [2.05, 4.69) is 0 Å². The molecule has 1 amide bonds. The maximum Gasteiger partial charge on any atom is 0.392 e. The molecule has 0 spiro atoms. The molecule has 1 fully saturated rings. The molecule has 0 radical (unpaired) electrons. The topological polar surface area (TPSA) is 40.5 Å². The third-order valence-electron chi connectivity index (χ3n) is 4.24. The first-order valence-corrected chi connectivity index (χ1v) is 7.38. The van der Waals surface area contributed by atoms with Gasteiger partial charge in [-0.2, -0.15) is 13.2 Å². The summed E-state index contributed by atoms with van der Waals surface area (Å²) in [5, 5.41) is 9.22. The van der Waals surface area contributed by atoms with Gasteiger partial charge in [0.25, 0.3) is 0 Å². The predicted octanol–water partition coefficient (Wildman–Crippen LogP) is 3.72. The van der Waals surface area contributed by atoms with Crippen LogP contribution in [0.15, 0.2) is 24.3 Å². The van der Waals surface area contributed by atoms with Crippen molar-refractivity contribution in [2.45, 2.75) is 38.4 Å². The molecule has 122 valence electrons. The van der Waals surface area contributed by atoms with Crippen molar-refractivity contribution in [1.29, 1.82) is 0 Å². The van der Waals surface area contributed by atoms with Gasteiger partial charge in [0.2, 0.25) is 5.91 Å². The van der Waals surface area contributed by atoms with Crippen LogP contribution in [0.5, 0.6) is 5.75 Å². The highest BCUT2D eigenvalue weighted by molar-refractivity contribution is 5.79. The van der Waals surface area contributed by atoms with Crippen molar-refractivity contribution in [2.75, 3.05) is 7.05 Å². The molecule has 0 aromatic heterocycles. The van der Waals surface area contributed by atoms with E-state index in [1.165, 1.54) is 24.1 Å².